The second kappa shape index (κ2) is 7.14. The molecule has 1 saturated heterocycles. The van der Waals surface area contributed by atoms with Crippen LogP contribution in [0.1, 0.15) is 64.7 Å². The zero-order valence-electron chi connectivity index (χ0n) is 13.8. The number of carbonyl (C=O) groups is 1. The van der Waals surface area contributed by atoms with Crippen molar-refractivity contribution in [1.29, 1.82) is 0 Å². The van der Waals surface area contributed by atoms with Gasteiger partial charge in [-0.05, 0) is 37.9 Å². The number of carbonyl (C=O) groups excluding carboxylic acids is 1. The van der Waals surface area contributed by atoms with Crippen molar-refractivity contribution < 1.29 is 4.79 Å². The number of isothiocyanates is 1. The maximum atomic E-state index is 12.9. The van der Waals surface area contributed by atoms with E-state index < -0.39 is 0 Å². The van der Waals surface area contributed by atoms with E-state index in [4.69, 9.17) is 23.8 Å². The molecule has 1 aliphatic carbocycles. The summed E-state index contributed by atoms with van der Waals surface area (Å²) in [6, 6.07) is 0.233. The van der Waals surface area contributed by atoms with Gasteiger partial charge in [-0.1, -0.05) is 50.3 Å². The van der Waals surface area contributed by atoms with Crippen molar-refractivity contribution in [2.45, 2.75) is 82.5 Å². The second-order valence-corrected chi connectivity index (χ2v) is 7.78. The normalized spacial score (nSPS) is 37.4. The minimum Gasteiger partial charge on any atom is -0.299 e. The lowest BCUT2D eigenvalue weighted by molar-refractivity contribution is -0.148. The van der Waals surface area contributed by atoms with Crippen molar-refractivity contribution in [3.05, 3.63) is 11.1 Å². The zero-order valence-corrected chi connectivity index (χ0v) is 15.3. The summed E-state index contributed by atoms with van der Waals surface area (Å²) in [5.74, 6) is 0.594. The second-order valence-electron chi connectivity index (χ2n) is 7.16. The maximum absolute atomic E-state index is 12.9. The van der Waals surface area contributed by atoms with Gasteiger partial charge in [-0.2, -0.15) is 0 Å². The van der Waals surface area contributed by atoms with Crippen molar-refractivity contribution in [3.63, 3.8) is 0 Å². The Morgan fingerprint density at radius 1 is 1.52 bits per heavy atom. The average molecular weight is 353 g/mol. The van der Waals surface area contributed by atoms with Gasteiger partial charge in [0.05, 0.1) is 10.2 Å². The third kappa shape index (κ3) is 2.95. The van der Waals surface area contributed by atoms with E-state index in [9.17, 15) is 4.79 Å². The molecule has 2 heterocycles. The van der Waals surface area contributed by atoms with Gasteiger partial charge < -0.3 is 0 Å². The summed E-state index contributed by atoms with van der Waals surface area (Å²) in [4.78, 5) is 19.7. The molecule has 1 saturated carbocycles. The number of Topliss-reactive ketones (excluding diaryl/α,β-unsaturated/α-hetero) is 1. The molecule has 1 spiro atoms. The fraction of sp³-hybridized carbons (Fsp3) is 0.778. The van der Waals surface area contributed by atoms with Gasteiger partial charge in [0, 0.05) is 23.9 Å². The third-order valence-electron chi connectivity index (χ3n) is 5.96. The van der Waals surface area contributed by atoms with Crippen LogP contribution in [-0.4, -0.2) is 33.6 Å². The van der Waals surface area contributed by atoms with Gasteiger partial charge in [-0.25, -0.2) is 4.99 Å². The maximum Gasteiger partial charge on any atom is 0.149 e. The van der Waals surface area contributed by atoms with Crippen LogP contribution in [0, 0.1) is 5.92 Å². The van der Waals surface area contributed by atoms with Gasteiger partial charge >= 0.3 is 0 Å². The first-order chi connectivity index (χ1) is 11.1. The van der Waals surface area contributed by atoms with Crippen LogP contribution in [0.5, 0.6) is 0 Å². The highest BCUT2D eigenvalue weighted by Crippen LogP contribution is 2.51. The monoisotopic (exact) mass is 352 g/mol. The summed E-state index contributed by atoms with van der Waals surface area (Å²) in [5.41, 5.74) is -0.0925. The van der Waals surface area contributed by atoms with Crippen LogP contribution >= 0.6 is 23.8 Å². The molecule has 0 aromatic carbocycles. The SMILES string of the molecule is CCCC[C@H]1CC(=O)[C@@H]2CCCC[C@@]23CC=C(Cl)[C@H](N=C=S)N13. The van der Waals surface area contributed by atoms with E-state index in [2.05, 4.69) is 28.1 Å². The molecule has 0 bridgehead atoms. The number of halogens is 1. The number of ketones is 1. The van der Waals surface area contributed by atoms with Gasteiger partial charge in [-0.3, -0.25) is 9.69 Å². The van der Waals surface area contributed by atoms with Gasteiger partial charge in [0.2, 0.25) is 0 Å². The Morgan fingerprint density at radius 2 is 2.35 bits per heavy atom. The molecule has 4 atom stereocenters. The lowest BCUT2D eigenvalue weighted by Crippen LogP contribution is -2.68. The first kappa shape index (κ1) is 17.3. The number of hydrogen-bond donors (Lipinski definition) is 0. The molecule has 0 unspecified atom stereocenters. The summed E-state index contributed by atoms with van der Waals surface area (Å²) in [6.45, 7) is 2.19. The molecule has 2 aliphatic heterocycles. The van der Waals surface area contributed by atoms with Crippen LogP contribution in [0.25, 0.3) is 0 Å². The molecule has 23 heavy (non-hydrogen) atoms. The van der Waals surface area contributed by atoms with Gasteiger partial charge in [-0.15, -0.1) is 0 Å². The Balaban J connectivity index is 2.04. The Labute approximate surface area is 149 Å². The number of aliphatic imine (C=N–C) groups is 1. The minimum atomic E-state index is -0.238. The van der Waals surface area contributed by atoms with Crippen LogP contribution in [0.15, 0.2) is 16.1 Å². The number of piperidine rings is 1. The Bertz CT molecular complexity index is 557. The first-order valence-electron chi connectivity index (χ1n) is 8.87. The standard InChI is InChI=1S/C18H25ClN2OS/c1-2-3-6-13-11-16(22)14-7-4-5-9-18(14)10-8-15(19)17(20-12-23)21(13)18/h8,13-14,17H,2-7,9-11H2,1H3/t13-,14-,17+,18+/m0/s1. The van der Waals surface area contributed by atoms with Gasteiger partial charge in [0.25, 0.3) is 0 Å². The highest BCUT2D eigenvalue weighted by atomic mass is 35.5. The Morgan fingerprint density at radius 3 is 3.09 bits per heavy atom. The van der Waals surface area contributed by atoms with Crippen LogP contribution in [0.4, 0.5) is 0 Å². The quantitative estimate of drug-likeness (QED) is 0.542. The van der Waals surface area contributed by atoms with Crippen LogP contribution < -0.4 is 0 Å². The van der Waals surface area contributed by atoms with Crippen molar-refractivity contribution in [2.75, 3.05) is 0 Å². The predicted molar refractivity (Wildman–Crippen MR) is 96.8 cm³/mol. The van der Waals surface area contributed by atoms with E-state index in [0.29, 0.717) is 12.2 Å². The molecule has 0 aromatic rings. The van der Waals surface area contributed by atoms with Crippen molar-refractivity contribution >= 4 is 34.8 Å². The van der Waals surface area contributed by atoms with E-state index in [1.807, 2.05) is 0 Å². The number of nitrogens with zero attached hydrogens (tertiary/aromatic N) is 2. The predicted octanol–water partition coefficient (Wildman–Crippen LogP) is 4.70. The first-order valence-corrected chi connectivity index (χ1v) is 9.66. The topological polar surface area (TPSA) is 32.7 Å². The molecule has 0 amide bonds. The highest BCUT2D eigenvalue weighted by Gasteiger charge is 2.57. The molecule has 126 valence electrons. The fourth-order valence-electron chi connectivity index (χ4n) is 4.99. The smallest absolute Gasteiger partial charge is 0.149 e. The van der Waals surface area contributed by atoms with E-state index in [1.165, 1.54) is 6.42 Å². The van der Waals surface area contributed by atoms with E-state index in [-0.39, 0.29) is 23.7 Å². The molecule has 0 radical (unpaired) electrons. The molecule has 0 N–H and O–H groups in total. The highest BCUT2D eigenvalue weighted by molar-refractivity contribution is 7.78. The Kier molecular flexibility index (Phi) is 5.37. The molecule has 5 heteroatoms. The number of thiocarbonyl (C=S) groups is 1. The third-order valence-corrected chi connectivity index (χ3v) is 6.42. The van der Waals surface area contributed by atoms with Gasteiger partial charge in [0.1, 0.15) is 11.9 Å². The zero-order chi connectivity index (χ0) is 16.4. The largest absolute Gasteiger partial charge is 0.299 e. The minimum absolute atomic E-state index is 0.0925. The molecule has 3 nitrogen and oxygen atoms in total. The summed E-state index contributed by atoms with van der Waals surface area (Å²) in [6.07, 6.45) is 11.1. The molecule has 2 fully saturated rings. The molecular weight excluding hydrogens is 328 g/mol. The summed E-state index contributed by atoms with van der Waals surface area (Å²) < 4.78 is 0. The van der Waals surface area contributed by atoms with Crippen molar-refractivity contribution in [2.24, 2.45) is 10.9 Å². The summed E-state index contributed by atoms with van der Waals surface area (Å²) in [5, 5.41) is 3.28. The van der Waals surface area contributed by atoms with Crippen molar-refractivity contribution in [3.8, 4) is 0 Å². The number of unbranched alkanes of at least 4 members (excludes halogenated alkanes) is 1. The lowest BCUT2D eigenvalue weighted by atomic mass is 9.62. The fourth-order valence-corrected chi connectivity index (χ4v) is 5.32. The van der Waals surface area contributed by atoms with Crippen LogP contribution in [0.2, 0.25) is 0 Å². The molecule has 3 rings (SSSR count). The lowest BCUT2D eigenvalue weighted by Gasteiger charge is -2.60. The van der Waals surface area contributed by atoms with E-state index in [1.54, 1.807) is 0 Å². The summed E-state index contributed by atoms with van der Waals surface area (Å²) in [7, 11) is 0. The molecule has 0 aromatic heterocycles. The number of rotatable bonds is 4. The molecular formula is C18H25ClN2OS. The van der Waals surface area contributed by atoms with Crippen LogP contribution in [0.3, 0.4) is 0 Å². The van der Waals surface area contributed by atoms with Gasteiger partial charge in [0.15, 0.2) is 0 Å². The van der Waals surface area contributed by atoms with Crippen LogP contribution in [-0.2, 0) is 4.79 Å². The van der Waals surface area contributed by atoms with E-state index in [0.717, 1.165) is 50.0 Å². The molecule has 3 aliphatic rings. The van der Waals surface area contributed by atoms with E-state index >= 15 is 0 Å². The Hall–Kier alpha value is -0.540. The number of hydrogen-bond acceptors (Lipinski definition) is 4. The summed E-state index contributed by atoms with van der Waals surface area (Å²) >= 11 is 11.4. The average Bonchev–Trinajstić information content (AvgIpc) is 2.56. The van der Waals surface area contributed by atoms with Crippen molar-refractivity contribution in [1.82, 2.24) is 4.90 Å².